The topological polar surface area (TPSA) is 17.1 Å². The van der Waals surface area contributed by atoms with Gasteiger partial charge in [-0.15, -0.1) is 0 Å². The van der Waals surface area contributed by atoms with Gasteiger partial charge in [-0.3, -0.25) is 4.79 Å². The normalized spacial score (nSPS) is 17.3. The Morgan fingerprint density at radius 2 is 1.69 bits per heavy atom. The molecule has 0 bridgehead atoms. The molecule has 0 radical (unpaired) electrons. The van der Waals surface area contributed by atoms with Crippen molar-refractivity contribution in [3.8, 4) is 0 Å². The third kappa shape index (κ3) is 2.52. The third-order valence-electron chi connectivity index (χ3n) is 3.38. The zero-order valence-electron chi connectivity index (χ0n) is 10.4. The predicted octanol–water partition coefficient (Wildman–Crippen LogP) is 3.51. The highest BCUT2D eigenvalue weighted by Crippen LogP contribution is 2.28. The summed E-state index contributed by atoms with van der Waals surface area (Å²) in [6.07, 6.45) is 2.65. The summed E-state index contributed by atoms with van der Waals surface area (Å²) in [5.74, 6) is 1.03. The van der Waals surface area contributed by atoms with E-state index in [9.17, 15) is 4.79 Å². The lowest BCUT2D eigenvalue weighted by atomic mass is 9.79. The minimum Gasteiger partial charge on any atom is -0.300 e. The second-order valence-corrected chi connectivity index (χ2v) is 5.96. The van der Waals surface area contributed by atoms with Crippen molar-refractivity contribution in [1.29, 1.82) is 0 Å². The van der Waals surface area contributed by atoms with Gasteiger partial charge in [-0.1, -0.05) is 45.0 Å². The summed E-state index contributed by atoms with van der Waals surface area (Å²) in [5.41, 5.74) is 2.97. The molecule has 1 aliphatic rings. The zero-order chi connectivity index (χ0) is 11.8. The summed E-state index contributed by atoms with van der Waals surface area (Å²) in [6, 6.07) is 8.86. The average molecular weight is 216 g/mol. The van der Waals surface area contributed by atoms with Crippen molar-refractivity contribution in [2.45, 2.75) is 45.4 Å². The van der Waals surface area contributed by atoms with E-state index in [1.807, 2.05) is 0 Å². The molecule has 0 aromatic heterocycles. The van der Waals surface area contributed by atoms with Crippen LogP contribution >= 0.6 is 0 Å². The van der Waals surface area contributed by atoms with Crippen LogP contribution in [0.15, 0.2) is 24.3 Å². The van der Waals surface area contributed by atoms with E-state index in [1.165, 1.54) is 11.1 Å². The quantitative estimate of drug-likeness (QED) is 0.739. The van der Waals surface area contributed by atoms with Gasteiger partial charge in [0, 0.05) is 12.8 Å². The van der Waals surface area contributed by atoms with Crippen molar-refractivity contribution < 1.29 is 4.79 Å². The van der Waals surface area contributed by atoms with E-state index in [0.717, 1.165) is 19.3 Å². The van der Waals surface area contributed by atoms with E-state index >= 15 is 0 Å². The molecule has 1 saturated carbocycles. The minimum atomic E-state index is 0.227. The molecule has 1 heteroatoms. The highest BCUT2D eigenvalue weighted by atomic mass is 16.1. The van der Waals surface area contributed by atoms with Crippen LogP contribution in [0.5, 0.6) is 0 Å². The number of Topliss-reactive ketones (excluding diaryl/α,β-unsaturated/α-hetero) is 1. The Kier molecular flexibility index (Phi) is 2.88. The number of carbonyl (C=O) groups excluding carboxylic acids is 1. The summed E-state index contributed by atoms with van der Waals surface area (Å²) in [6.45, 7) is 6.69. The van der Waals surface area contributed by atoms with Crippen molar-refractivity contribution in [3.05, 3.63) is 35.4 Å². The van der Waals surface area contributed by atoms with E-state index in [4.69, 9.17) is 0 Å². The van der Waals surface area contributed by atoms with Gasteiger partial charge in [0.1, 0.15) is 5.78 Å². The first-order chi connectivity index (χ1) is 7.45. The SMILES string of the molecule is CC(C)(C)c1ccc(CC2CC(=O)C2)cc1. The monoisotopic (exact) mass is 216 g/mol. The van der Waals surface area contributed by atoms with E-state index in [2.05, 4.69) is 45.0 Å². The standard InChI is InChI=1S/C15H20O/c1-15(2,3)13-6-4-11(5-7-13)8-12-9-14(16)10-12/h4-7,12H,8-10H2,1-3H3. The highest BCUT2D eigenvalue weighted by molar-refractivity contribution is 5.84. The van der Waals surface area contributed by atoms with Crippen LogP contribution in [-0.2, 0) is 16.6 Å². The lowest BCUT2D eigenvalue weighted by Crippen LogP contribution is -2.24. The number of carbonyl (C=O) groups is 1. The second kappa shape index (κ2) is 4.04. The van der Waals surface area contributed by atoms with Crippen LogP contribution in [0, 0.1) is 5.92 Å². The van der Waals surface area contributed by atoms with Gasteiger partial charge in [0.2, 0.25) is 0 Å². The summed E-state index contributed by atoms with van der Waals surface area (Å²) in [4.78, 5) is 10.9. The van der Waals surface area contributed by atoms with Crippen molar-refractivity contribution in [2.24, 2.45) is 5.92 Å². The molecule has 0 atom stereocenters. The van der Waals surface area contributed by atoms with Crippen molar-refractivity contribution in [3.63, 3.8) is 0 Å². The first-order valence-electron chi connectivity index (χ1n) is 6.06. The highest BCUT2D eigenvalue weighted by Gasteiger charge is 2.26. The Morgan fingerprint density at radius 1 is 1.12 bits per heavy atom. The zero-order valence-corrected chi connectivity index (χ0v) is 10.4. The lowest BCUT2D eigenvalue weighted by molar-refractivity contribution is -0.126. The van der Waals surface area contributed by atoms with E-state index in [1.54, 1.807) is 0 Å². The number of benzene rings is 1. The molecule has 1 aromatic carbocycles. The molecule has 1 aliphatic carbocycles. The molecule has 1 fully saturated rings. The van der Waals surface area contributed by atoms with Gasteiger partial charge in [0.15, 0.2) is 0 Å². The molecule has 0 spiro atoms. The van der Waals surface area contributed by atoms with Gasteiger partial charge in [0.25, 0.3) is 0 Å². The van der Waals surface area contributed by atoms with Crippen LogP contribution in [0.3, 0.4) is 0 Å². The van der Waals surface area contributed by atoms with Crippen LogP contribution in [0.1, 0.15) is 44.7 Å². The van der Waals surface area contributed by atoms with Crippen molar-refractivity contribution in [2.75, 3.05) is 0 Å². The molecule has 1 aromatic rings. The van der Waals surface area contributed by atoms with Crippen LogP contribution in [0.25, 0.3) is 0 Å². The Morgan fingerprint density at radius 3 is 2.12 bits per heavy atom. The van der Waals surface area contributed by atoms with Gasteiger partial charge in [-0.25, -0.2) is 0 Å². The van der Waals surface area contributed by atoms with Crippen molar-refractivity contribution >= 4 is 5.78 Å². The van der Waals surface area contributed by atoms with Gasteiger partial charge in [0.05, 0.1) is 0 Å². The molecule has 0 unspecified atom stereocenters. The smallest absolute Gasteiger partial charge is 0.133 e. The Balaban J connectivity index is 2.00. The molecule has 0 heterocycles. The molecule has 1 nitrogen and oxygen atoms in total. The molecular formula is C15H20O. The average Bonchev–Trinajstić information content (AvgIpc) is 2.15. The fraction of sp³-hybridized carbons (Fsp3) is 0.533. The van der Waals surface area contributed by atoms with Gasteiger partial charge in [-0.2, -0.15) is 0 Å². The number of ketones is 1. The van der Waals surface area contributed by atoms with Crippen LogP contribution in [-0.4, -0.2) is 5.78 Å². The molecule has 0 amide bonds. The fourth-order valence-corrected chi connectivity index (χ4v) is 2.20. The molecule has 2 rings (SSSR count). The minimum absolute atomic E-state index is 0.227. The van der Waals surface area contributed by atoms with E-state index in [-0.39, 0.29) is 5.41 Å². The molecule has 16 heavy (non-hydrogen) atoms. The first kappa shape index (κ1) is 11.4. The predicted molar refractivity (Wildman–Crippen MR) is 66.6 cm³/mol. The second-order valence-electron chi connectivity index (χ2n) is 5.96. The third-order valence-corrected chi connectivity index (χ3v) is 3.38. The van der Waals surface area contributed by atoms with Crippen molar-refractivity contribution in [1.82, 2.24) is 0 Å². The maximum atomic E-state index is 10.9. The molecule has 0 saturated heterocycles. The summed E-state index contributed by atoms with van der Waals surface area (Å²) < 4.78 is 0. The van der Waals surface area contributed by atoms with E-state index in [0.29, 0.717) is 11.7 Å². The van der Waals surface area contributed by atoms with Crippen LogP contribution in [0.2, 0.25) is 0 Å². The fourth-order valence-electron chi connectivity index (χ4n) is 2.20. The molecule has 0 N–H and O–H groups in total. The first-order valence-corrected chi connectivity index (χ1v) is 6.06. The van der Waals surface area contributed by atoms with E-state index < -0.39 is 0 Å². The number of rotatable bonds is 2. The maximum Gasteiger partial charge on any atom is 0.133 e. The Bertz CT molecular complexity index is 373. The van der Waals surface area contributed by atoms with Gasteiger partial charge >= 0.3 is 0 Å². The maximum absolute atomic E-state index is 10.9. The summed E-state index contributed by atoms with van der Waals surface area (Å²) in [5, 5.41) is 0. The Hall–Kier alpha value is -1.11. The molecule has 86 valence electrons. The number of hydrogen-bond donors (Lipinski definition) is 0. The molecule has 0 aliphatic heterocycles. The van der Waals surface area contributed by atoms with Gasteiger partial charge < -0.3 is 0 Å². The van der Waals surface area contributed by atoms with Crippen LogP contribution in [0.4, 0.5) is 0 Å². The largest absolute Gasteiger partial charge is 0.300 e. The summed E-state index contributed by atoms with van der Waals surface area (Å²) in [7, 11) is 0. The summed E-state index contributed by atoms with van der Waals surface area (Å²) >= 11 is 0. The van der Waals surface area contributed by atoms with Crippen LogP contribution < -0.4 is 0 Å². The van der Waals surface area contributed by atoms with Gasteiger partial charge in [-0.05, 0) is 28.9 Å². The lowest BCUT2D eigenvalue weighted by Gasteiger charge is -2.24. The molecular weight excluding hydrogens is 196 g/mol. The Labute approximate surface area is 97.9 Å². The number of hydrogen-bond acceptors (Lipinski definition) is 1.